The minimum atomic E-state index is 0.177. The van der Waals surface area contributed by atoms with Crippen molar-refractivity contribution in [2.75, 3.05) is 0 Å². The molecule has 1 nitrogen and oxygen atoms in total. The molecule has 0 saturated carbocycles. The van der Waals surface area contributed by atoms with Crippen LogP contribution in [0.2, 0.25) is 0 Å². The summed E-state index contributed by atoms with van der Waals surface area (Å²) in [6.45, 7) is 8.65. The highest BCUT2D eigenvalue weighted by Gasteiger charge is 2.25. The number of halogens is 2. The fourth-order valence-electron chi connectivity index (χ4n) is 1.19. The Morgan fingerprint density at radius 3 is 2.38 bits per heavy atom. The predicted molar refractivity (Wildman–Crippen MR) is 77.3 cm³/mol. The SMILES string of the molecule is CC(CC(=O)c1scc(Br)c1Br)C(C)(C)C. The molecule has 0 spiro atoms. The molecule has 1 aromatic heterocycles. The van der Waals surface area contributed by atoms with Crippen LogP contribution in [0.3, 0.4) is 0 Å². The maximum atomic E-state index is 12.1. The average Bonchev–Trinajstić information content (AvgIpc) is 2.46. The van der Waals surface area contributed by atoms with Gasteiger partial charge < -0.3 is 0 Å². The van der Waals surface area contributed by atoms with Crippen molar-refractivity contribution in [2.24, 2.45) is 11.3 Å². The van der Waals surface area contributed by atoms with E-state index in [0.717, 1.165) is 13.8 Å². The summed E-state index contributed by atoms with van der Waals surface area (Å²) in [6.07, 6.45) is 0.606. The molecule has 0 fully saturated rings. The van der Waals surface area contributed by atoms with Gasteiger partial charge in [0.05, 0.1) is 9.35 Å². The van der Waals surface area contributed by atoms with Gasteiger partial charge in [0.15, 0.2) is 5.78 Å². The van der Waals surface area contributed by atoms with E-state index in [-0.39, 0.29) is 11.2 Å². The van der Waals surface area contributed by atoms with Crippen LogP contribution in [0.25, 0.3) is 0 Å². The highest BCUT2D eigenvalue weighted by atomic mass is 79.9. The lowest BCUT2D eigenvalue weighted by Crippen LogP contribution is -2.20. The first kappa shape index (κ1) is 14.4. The molecule has 1 unspecified atom stereocenters. The fraction of sp³-hybridized carbons (Fsp3) is 0.583. The minimum absolute atomic E-state index is 0.177. The Balaban J connectivity index is 2.78. The number of carbonyl (C=O) groups excluding carboxylic acids is 1. The zero-order valence-electron chi connectivity index (χ0n) is 9.93. The molecule has 0 aromatic carbocycles. The number of hydrogen-bond acceptors (Lipinski definition) is 2. The van der Waals surface area contributed by atoms with Crippen LogP contribution in [-0.2, 0) is 0 Å². The Morgan fingerprint density at radius 1 is 1.44 bits per heavy atom. The molecule has 16 heavy (non-hydrogen) atoms. The summed E-state index contributed by atoms with van der Waals surface area (Å²) in [6, 6.07) is 0. The number of Topliss-reactive ketones (excluding diaryl/α,β-unsaturated/α-hetero) is 1. The lowest BCUT2D eigenvalue weighted by atomic mass is 9.79. The third-order valence-electron chi connectivity index (χ3n) is 2.91. The van der Waals surface area contributed by atoms with Crippen LogP contribution in [0.5, 0.6) is 0 Å². The molecule has 0 N–H and O–H groups in total. The normalized spacial score (nSPS) is 13.9. The lowest BCUT2D eigenvalue weighted by Gasteiger charge is -2.26. The van der Waals surface area contributed by atoms with Crippen LogP contribution in [0.15, 0.2) is 14.3 Å². The second kappa shape index (κ2) is 5.32. The number of ketones is 1. The van der Waals surface area contributed by atoms with Crippen LogP contribution in [0.4, 0.5) is 0 Å². The largest absolute Gasteiger partial charge is 0.293 e. The van der Waals surface area contributed by atoms with Crippen molar-refractivity contribution >= 4 is 49.0 Å². The fourth-order valence-corrected chi connectivity index (χ4v) is 3.33. The van der Waals surface area contributed by atoms with Gasteiger partial charge in [-0.05, 0) is 43.2 Å². The van der Waals surface area contributed by atoms with Gasteiger partial charge in [0, 0.05) is 16.3 Å². The van der Waals surface area contributed by atoms with Crippen molar-refractivity contribution in [2.45, 2.75) is 34.1 Å². The highest BCUT2D eigenvalue weighted by molar-refractivity contribution is 9.13. The standard InChI is InChI=1S/C12H16Br2OS/c1-7(12(2,3)4)5-9(15)11-10(14)8(13)6-16-11/h6-7H,5H2,1-4H3. The van der Waals surface area contributed by atoms with E-state index in [9.17, 15) is 4.79 Å². The van der Waals surface area contributed by atoms with Gasteiger partial charge in [-0.15, -0.1) is 11.3 Å². The summed E-state index contributed by atoms with van der Waals surface area (Å²) in [5, 5.41) is 1.94. The highest BCUT2D eigenvalue weighted by Crippen LogP contribution is 2.36. The minimum Gasteiger partial charge on any atom is -0.293 e. The Kier molecular flexibility index (Phi) is 4.78. The zero-order valence-corrected chi connectivity index (χ0v) is 13.9. The van der Waals surface area contributed by atoms with E-state index in [1.165, 1.54) is 11.3 Å². The molecule has 1 aromatic rings. The molecule has 90 valence electrons. The first-order valence-corrected chi connectivity index (χ1v) is 7.65. The Hall–Kier alpha value is 0.330. The molecule has 0 bridgehead atoms. The summed E-state index contributed by atoms with van der Waals surface area (Å²) in [5.41, 5.74) is 0.177. The van der Waals surface area contributed by atoms with Gasteiger partial charge in [0.2, 0.25) is 0 Å². The molecule has 0 aliphatic rings. The average molecular weight is 368 g/mol. The third kappa shape index (κ3) is 3.41. The molecule has 0 radical (unpaired) electrons. The molecule has 1 atom stereocenters. The van der Waals surface area contributed by atoms with E-state index in [4.69, 9.17) is 0 Å². The Bertz CT molecular complexity index is 390. The van der Waals surface area contributed by atoms with Crippen molar-refractivity contribution in [1.82, 2.24) is 0 Å². The molecule has 4 heteroatoms. The van der Waals surface area contributed by atoms with Gasteiger partial charge >= 0.3 is 0 Å². The first-order chi connectivity index (χ1) is 7.23. The van der Waals surface area contributed by atoms with Crippen molar-refractivity contribution in [3.63, 3.8) is 0 Å². The van der Waals surface area contributed by atoms with Crippen LogP contribution < -0.4 is 0 Å². The van der Waals surface area contributed by atoms with Gasteiger partial charge in [-0.2, -0.15) is 0 Å². The maximum absolute atomic E-state index is 12.1. The predicted octanol–water partition coefficient (Wildman–Crippen LogP) is 5.53. The van der Waals surface area contributed by atoms with Gasteiger partial charge in [0.1, 0.15) is 0 Å². The molecule has 0 amide bonds. The van der Waals surface area contributed by atoms with Gasteiger partial charge in [-0.25, -0.2) is 0 Å². The maximum Gasteiger partial charge on any atom is 0.174 e. The molecular formula is C12H16Br2OS. The molecule has 0 saturated heterocycles. The quantitative estimate of drug-likeness (QED) is 0.642. The second-order valence-corrected chi connectivity index (χ2v) is 7.65. The lowest BCUT2D eigenvalue weighted by molar-refractivity contribution is 0.0930. The molecular weight excluding hydrogens is 352 g/mol. The van der Waals surface area contributed by atoms with E-state index < -0.39 is 0 Å². The summed E-state index contributed by atoms with van der Waals surface area (Å²) in [7, 11) is 0. The van der Waals surface area contributed by atoms with E-state index in [0.29, 0.717) is 12.3 Å². The number of carbonyl (C=O) groups is 1. The monoisotopic (exact) mass is 366 g/mol. The van der Waals surface area contributed by atoms with Gasteiger partial charge in [-0.3, -0.25) is 4.79 Å². The first-order valence-electron chi connectivity index (χ1n) is 5.19. The smallest absolute Gasteiger partial charge is 0.174 e. The second-order valence-electron chi connectivity index (χ2n) is 5.12. The summed E-state index contributed by atoms with van der Waals surface area (Å²) < 4.78 is 1.85. The summed E-state index contributed by atoms with van der Waals surface area (Å²) in [4.78, 5) is 12.9. The number of hydrogen-bond donors (Lipinski definition) is 0. The van der Waals surface area contributed by atoms with Crippen LogP contribution >= 0.6 is 43.2 Å². The Labute approximate surface area is 118 Å². The van der Waals surface area contributed by atoms with E-state index in [1.54, 1.807) is 0 Å². The van der Waals surface area contributed by atoms with Gasteiger partial charge in [-0.1, -0.05) is 27.7 Å². The van der Waals surface area contributed by atoms with E-state index >= 15 is 0 Å². The third-order valence-corrected chi connectivity index (χ3v) is 6.48. The van der Waals surface area contributed by atoms with Crippen LogP contribution in [0.1, 0.15) is 43.8 Å². The topological polar surface area (TPSA) is 17.1 Å². The van der Waals surface area contributed by atoms with Crippen LogP contribution in [-0.4, -0.2) is 5.78 Å². The van der Waals surface area contributed by atoms with Crippen molar-refractivity contribution in [3.8, 4) is 0 Å². The van der Waals surface area contributed by atoms with E-state index in [2.05, 4.69) is 59.6 Å². The van der Waals surface area contributed by atoms with Crippen LogP contribution in [0, 0.1) is 11.3 Å². The Morgan fingerprint density at radius 2 is 2.00 bits per heavy atom. The molecule has 0 aliphatic carbocycles. The van der Waals surface area contributed by atoms with E-state index in [1.807, 2.05) is 5.38 Å². The van der Waals surface area contributed by atoms with Gasteiger partial charge in [0.25, 0.3) is 0 Å². The molecule has 1 heterocycles. The number of thiophene rings is 1. The van der Waals surface area contributed by atoms with Crippen molar-refractivity contribution in [3.05, 3.63) is 19.2 Å². The molecule has 1 rings (SSSR count). The summed E-state index contributed by atoms with van der Waals surface area (Å²) >= 11 is 8.33. The summed E-state index contributed by atoms with van der Waals surface area (Å²) in [5.74, 6) is 0.609. The molecule has 0 aliphatic heterocycles. The zero-order chi connectivity index (χ0) is 12.5. The number of rotatable bonds is 3. The van der Waals surface area contributed by atoms with Crippen molar-refractivity contribution in [1.29, 1.82) is 0 Å². The van der Waals surface area contributed by atoms with Crippen molar-refractivity contribution < 1.29 is 4.79 Å².